The summed E-state index contributed by atoms with van der Waals surface area (Å²) in [6, 6.07) is 7.26. The number of halogens is 1. The molecule has 0 aliphatic carbocycles. The summed E-state index contributed by atoms with van der Waals surface area (Å²) < 4.78 is 12.2. The molecule has 0 saturated carbocycles. The molecule has 1 fully saturated rings. The van der Waals surface area contributed by atoms with E-state index in [1.165, 1.54) is 18.7 Å². The van der Waals surface area contributed by atoms with Crippen LogP contribution in [0.5, 0.6) is 0 Å². The van der Waals surface area contributed by atoms with Crippen LogP contribution < -0.4 is 0 Å². The van der Waals surface area contributed by atoms with Crippen molar-refractivity contribution in [3.63, 3.8) is 0 Å². The fraction of sp³-hybridized carbons (Fsp3) is 0.444. The van der Waals surface area contributed by atoms with Crippen LogP contribution in [-0.4, -0.2) is 29.2 Å². The number of nitriles is 1. The average Bonchev–Trinajstić information content (AvgIpc) is 2.71. The second kappa shape index (κ2) is 7.55. The molecular weight excluding hydrogens is 357 g/mol. The first-order chi connectivity index (χ1) is 11.6. The van der Waals surface area contributed by atoms with Gasteiger partial charge >= 0.3 is 7.12 Å². The van der Waals surface area contributed by atoms with Crippen LogP contribution in [0.3, 0.4) is 0 Å². The van der Waals surface area contributed by atoms with E-state index in [1.54, 1.807) is 12.1 Å². The number of carbonyl (C=O) groups is 1. The predicted molar refractivity (Wildman–Crippen MR) is 103 cm³/mol. The third-order valence-electron chi connectivity index (χ3n) is 4.46. The fourth-order valence-electron chi connectivity index (χ4n) is 2.28. The van der Waals surface area contributed by atoms with Crippen molar-refractivity contribution in [2.45, 2.75) is 45.8 Å². The lowest BCUT2D eigenvalue weighted by atomic mass is 9.78. The Morgan fingerprint density at radius 2 is 1.92 bits per heavy atom. The van der Waals surface area contributed by atoms with E-state index in [2.05, 4.69) is 0 Å². The van der Waals surface area contributed by atoms with Gasteiger partial charge in [-0.05, 0) is 50.9 Å². The van der Waals surface area contributed by atoms with E-state index in [0.29, 0.717) is 16.3 Å². The topological polar surface area (TPSA) is 59.3 Å². The minimum absolute atomic E-state index is 0.0280. The van der Waals surface area contributed by atoms with Gasteiger partial charge < -0.3 is 9.31 Å². The third-order valence-corrected chi connectivity index (χ3v) is 5.66. The quantitative estimate of drug-likeness (QED) is 0.723. The van der Waals surface area contributed by atoms with Crippen LogP contribution in [0.2, 0.25) is 5.02 Å². The summed E-state index contributed by atoms with van der Waals surface area (Å²) >= 11 is 7.32. The summed E-state index contributed by atoms with van der Waals surface area (Å²) in [5, 5.41) is 9.41. The molecule has 1 aromatic carbocycles. The van der Waals surface area contributed by atoms with E-state index >= 15 is 0 Å². The van der Waals surface area contributed by atoms with Crippen LogP contribution in [-0.2, 0) is 14.1 Å². The van der Waals surface area contributed by atoms with Gasteiger partial charge in [0.1, 0.15) is 6.07 Å². The van der Waals surface area contributed by atoms with Crippen molar-refractivity contribution < 1.29 is 14.1 Å². The summed E-state index contributed by atoms with van der Waals surface area (Å²) in [5.41, 5.74) is 1.19. The standard InChI is InChI=1S/C18H21BClNO3S/c1-12(22)25-11-15(19-23-17(2,3)18(4,5)24-19)8-13-6-7-14(10-21)16(20)9-13/h6-9H,11H2,1-5H3. The van der Waals surface area contributed by atoms with E-state index in [0.717, 1.165) is 11.0 Å². The Labute approximate surface area is 158 Å². The van der Waals surface area contributed by atoms with E-state index in [-0.39, 0.29) is 5.12 Å². The highest BCUT2D eigenvalue weighted by molar-refractivity contribution is 8.13. The molecule has 1 heterocycles. The summed E-state index contributed by atoms with van der Waals surface area (Å²) in [7, 11) is -0.536. The minimum Gasteiger partial charge on any atom is -0.400 e. The van der Waals surface area contributed by atoms with Gasteiger partial charge in [0, 0.05) is 12.7 Å². The molecule has 1 aliphatic rings. The maximum Gasteiger partial charge on any atom is 0.491 e. The third kappa shape index (κ3) is 4.68. The zero-order valence-electron chi connectivity index (χ0n) is 15.1. The van der Waals surface area contributed by atoms with Gasteiger partial charge in [-0.15, -0.1) is 0 Å². The molecule has 0 atom stereocenters. The molecule has 1 saturated heterocycles. The highest BCUT2D eigenvalue weighted by Gasteiger charge is 2.52. The molecule has 4 nitrogen and oxygen atoms in total. The maximum atomic E-state index is 11.4. The molecule has 0 bridgehead atoms. The molecule has 25 heavy (non-hydrogen) atoms. The Hall–Kier alpha value is -1.26. The summed E-state index contributed by atoms with van der Waals surface area (Å²) in [5.74, 6) is 0.462. The van der Waals surface area contributed by atoms with Crippen molar-refractivity contribution in [3.05, 3.63) is 39.8 Å². The van der Waals surface area contributed by atoms with Crippen LogP contribution in [0.1, 0.15) is 45.7 Å². The fourth-order valence-corrected chi connectivity index (χ4v) is 3.10. The lowest BCUT2D eigenvalue weighted by molar-refractivity contribution is -0.109. The van der Waals surface area contributed by atoms with Gasteiger partial charge in [0.25, 0.3) is 0 Å². The zero-order chi connectivity index (χ0) is 18.8. The van der Waals surface area contributed by atoms with E-state index in [4.69, 9.17) is 26.2 Å². The molecule has 1 aliphatic heterocycles. The zero-order valence-corrected chi connectivity index (χ0v) is 16.6. The van der Waals surface area contributed by atoms with Crippen LogP contribution in [0, 0.1) is 11.3 Å². The first-order valence-corrected chi connectivity index (χ1v) is 9.31. The lowest BCUT2D eigenvalue weighted by Crippen LogP contribution is -2.41. The Kier molecular flexibility index (Phi) is 6.06. The van der Waals surface area contributed by atoms with Gasteiger partial charge in [-0.1, -0.05) is 35.5 Å². The van der Waals surface area contributed by atoms with E-state index in [9.17, 15) is 4.79 Å². The number of hydrogen-bond donors (Lipinski definition) is 0. The van der Waals surface area contributed by atoms with Gasteiger partial charge in [0.15, 0.2) is 5.12 Å². The highest BCUT2D eigenvalue weighted by Crippen LogP contribution is 2.39. The van der Waals surface area contributed by atoms with Gasteiger partial charge in [-0.2, -0.15) is 5.26 Å². The predicted octanol–water partition coefficient (Wildman–Crippen LogP) is 4.51. The van der Waals surface area contributed by atoms with Gasteiger partial charge in [-0.25, -0.2) is 0 Å². The number of rotatable bonds is 4. The summed E-state index contributed by atoms with van der Waals surface area (Å²) in [6.45, 7) is 9.48. The molecule has 132 valence electrons. The van der Waals surface area contributed by atoms with E-state index in [1.807, 2.05) is 45.9 Å². The first-order valence-electron chi connectivity index (χ1n) is 7.95. The van der Waals surface area contributed by atoms with Crippen molar-refractivity contribution in [1.29, 1.82) is 5.26 Å². The largest absolute Gasteiger partial charge is 0.491 e. The van der Waals surface area contributed by atoms with Crippen molar-refractivity contribution in [1.82, 2.24) is 0 Å². The van der Waals surface area contributed by atoms with Crippen molar-refractivity contribution >= 4 is 41.7 Å². The SMILES string of the molecule is CC(=O)SCC(=Cc1ccc(C#N)c(Cl)c1)B1OC(C)(C)C(C)(C)O1. The summed E-state index contributed by atoms with van der Waals surface area (Å²) in [4.78, 5) is 11.4. The molecule has 0 spiro atoms. The van der Waals surface area contributed by atoms with E-state index < -0.39 is 18.3 Å². The molecule has 1 aromatic rings. The monoisotopic (exact) mass is 377 g/mol. The average molecular weight is 378 g/mol. The molecular formula is C18H21BClNO3S. The Balaban J connectivity index is 2.35. The van der Waals surface area contributed by atoms with Crippen LogP contribution in [0.4, 0.5) is 0 Å². The molecule has 0 N–H and O–H groups in total. The van der Waals surface area contributed by atoms with Crippen molar-refractivity contribution in [2.75, 3.05) is 5.75 Å². The summed E-state index contributed by atoms with van der Waals surface area (Å²) in [6.07, 6.45) is 1.91. The Bertz CT molecular complexity index is 739. The smallest absolute Gasteiger partial charge is 0.400 e. The molecule has 0 aromatic heterocycles. The minimum atomic E-state index is -0.536. The molecule has 0 unspecified atom stereocenters. The highest BCUT2D eigenvalue weighted by atomic mass is 35.5. The van der Waals surface area contributed by atoms with Gasteiger partial charge in [0.2, 0.25) is 0 Å². The lowest BCUT2D eigenvalue weighted by Gasteiger charge is -2.32. The van der Waals surface area contributed by atoms with Gasteiger partial charge in [-0.3, -0.25) is 4.79 Å². The Morgan fingerprint density at radius 1 is 1.32 bits per heavy atom. The normalized spacial score (nSPS) is 18.9. The van der Waals surface area contributed by atoms with Crippen molar-refractivity contribution in [2.24, 2.45) is 0 Å². The second-order valence-electron chi connectivity index (χ2n) is 6.94. The Morgan fingerprint density at radius 3 is 2.40 bits per heavy atom. The number of hydrogen-bond acceptors (Lipinski definition) is 5. The molecule has 0 amide bonds. The molecule has 0 radical (unpaired) electrons. The van der Waals surface area contributed by atoms with Crippen LogP contribution >= 0.6 is 23.4 Å². The first kappa shape index (κ1) is 20.1. The molecule has 7 heteroatoms. The van der Waals surface area contributed by atoms with Gasteiger partial charge in [0.05, 0.1) is 21.8 Å². The second-order valence-corrected chi connectivity index (χ2v) is 8.50. The van der Waals surface area contributed by atoms with Crippen LogP contribution in [0.15, 0.2) is 23.7 Å². The molecule has 2 rings (SSSR count). The van der Waals surface area contributed by atoms with Crippen molar-refractivity contribution in [3.8, 4) is 6.07 Å². The van der Waals surface area contributed by atoms with Crippen LogP contribution in [0.25, 0.3) is 6.08 Å². The number of thioether (sulfide) groups is 1. The maximum absolute atomic E-state index is 11.4. The number of carbonyl (C=O) groups excluding carboxylic acids is 1. The number of benzene rings is 1. The number of nitrogens with zero attached hydrogens (tertiary/aromatic N) is 1.